The van der Waals surface area contributed by atoms with E-state index in [-0.39, 0.29) is 5.54 Å². The van der Waals surface area contributed by atoms with Gasteiger partial charge in [0.15, 0.2) is 0 Å². The maximum absolute atomic E-state index is 4.54. The van der Waals surface area contributed by atoms with Crippen molar-refractivity contribution in [1.82, 2.24) is 4.67 Å². The van der Waals surface area contributed by atoms with Gasteiger partial charge in [0.2, 0.25) is 0 Å². The van der Waals surface area contributed by atoms with Crippen LogP contribution in [0, 0.1) is 0 Å². The summed E-state index contributed by atoms with van der Waals surface area (Å²) < 4.78 is 2.68. The van der Waals surface area contributed by atoms with Gasteiger partial charge in [0.05, 0.1) is 0 Å². The maximum atomic E-state index is 4.54. The molecule has 3 aromatic carbocycles. The van der Waals surface area contributed by atoms with Crippen LogP contribution in [0.15, 0.2) is 91.0 Å². The molecule has 0 aliphatic rings. The SMILES string of the molecule is CCN(C(C)(C)C)P(Br)(c1ccccc1)(c1ccccc1)c1ccccc1. The second kappa shape index (κ2) is 7.51. The first kappa shape index (κ1) is 20.3. The van der Waals surface area contributed by atoms with Crippen LogP contribution in [0.5, 0.6) is 0 Å². The van der Waals surface area contributed by atoms with E-state index in [1.165, 1.54) is 15.9 Å². The molecule has 0 unspecified atom stereocenters. The van der Waals surface area contributed by atoms with E-state index in [0.717, 1.165) is 6.54 Å². The van der Waals surface area contributed by atoms with Crippen LogP contribution in [0.3, 0.4) is 0 Å². The van der Waals surface area contributed by atoms with Gasteiger partial charge in [-0.05, 0) is 0 Å². The van der Waals surface area contributed by atoms with E-state index in [4.69, 9.17) is 0 Å². The zero-order valence-corrected chi connectivity index (χ0v) is 19.1. The Morgan fingerprint density at radius 2 is 0.963 bits per heavy atom. The first-order valence-electron chi connectivity index (χ1n) is 9.52. The van der Waals surface area contributed by atoms with Gasteiger partial charge in [0, 0.05) is 0 Å². The van der Waals surface area contributed by atoms with Crippen molar-refractivity contribution in [3.05, 3.63) is 91.0 Å². The molecular formula is C24H29BrNP. The fourth-order valence-corrected chi connectivity index (χ4v) is 14.0. The van der Waals surface area contributed by atoms with E-state index >= 15 is 0 Å². The van der Waals surface area contributed by atoms with E-state index in [0.29, 0.717) is 0 Å². The number of benzene rings is 3. The van der Waals surface area contributed by atoms with Gasteiger partial charge in [-0.25, -0.2) is 0 Å². The van der Waals surface area contributed by atoms with Crippen molar-refractivity contribution < 1.29 is 0 Å². The predicted molar refractivity (Wildman–Crippen MR) is 126 cm³/mol. The predicted octanol–water partition coefficient (Wildman–Crippen LogP) is 5.86. The topological polar surface area (TPSA) is 3.24 Å². The third-order valence-corrected chi connectivity index (χ3v) is 15.6. The van der Waals surface area contributed by atoms with Crippen LogP contribution in [0.25, 0.3) is 0 Å². The van der Waals surface area contributed by atoms with Crippen LogP contribution < -0.4 is 15.9 Å². The van der Waals surface area contributed by atoms with Crippen molar-refractivity contribution in [3.8, 4) is 0 Å². The number of halogens is 1. The van der Waals surface area contributed by atoms with Gasteiger partial charge in [-0.15, -0.1) is 0 Å². The number of hydrogen-bond acceptors (Lipinski definition) is 1. The molecule has 142 valence electrons. The molecule has 0 saturated carbocycles. The Morgan fingerprint density at radius 1 is 0.667 bits per heavy atom. The summed E-state index contributed by atoms with van der Waals surface area (Å²) in [6.07, 6.45) is 0. The van der Waals surface area contributed by atoms with Crippen LogP contribution in [-0.4, -0.2) is 16.8 Å². The van der Waals surface area contributed by atoms with Crippen molar-refractivity contribution in [3.63, 3.8) is 0 Å². The monoisotopic (exact) mass is 441 g/mol. The summed E-state index contributed by atoms with van der Waals surface area (Å²) in [5.74, 6) is 0. The summed E-state index contributed by atoms with van der Waals surface area (Å²) >= 11 is 4.54. The van der Waals surface area contributed by atoms with Gasteiger partial charge >= 0.3 is 172 Å². The Labute approximate surface area is 172 Å². The minimum atomic E-state index is -3.06. The molecule has 0 aliphatic carbocycles. The van der Waals surface area contributed by atoms with Gasteiger partial charge in [-0.3, -0.25) is 0 Å². The second-order valence-corrected chi connectivity index (χ2v) is 16.0. The number of hydrogen-bond donors (Lipinski definition) is 0. The van der Waals surface area contributed by atoms with Crippen LogP contribution >= 0.6 is 20.9 Å². The van der Waals surface area contributed by atoms with Crippen molar-refractivity contribution >= 4 is 36.9 Å². The third kappa shape index (κ3) is 3.18. The zero-order valence-electron chi connectivity index (χ0n) is 16.6. The molecular weight excluding hydrogens is 413 g/mol. The first-order valence-corrected chi connectivity index (χ1v) is 13.7. The molecule has 0 spiro atoms. The van der Waals surface area contributed by atoms with Crippen molar-refractivity contribution in [1.29, 1.82) is 0 Å². The summed E-state index contributed by atoms with van der Waals surface area (Å²) in [6, 6.07) is 32.9. The first-order chi connectivity index (χ1) is 12.8. The molecule has 0 saturated heterocycles. The van der Waals surface area contributed by atoms with Crippen LogP contribution in [0.4, 0.5) is 0 Å². The van der Waals surface area contributed by atoms with E-state index in [1.54, 1.807) is 0 Å². The molecule has 3 aromatic rings. The molecule has 0 amide bonds. The average molecular weight is 442 g/mol. The molecule has 0 atom stereocenters. The molecule has 0 aromatic heterocycles. The van der Waals surface area contributed by atoms with Gasteiger partial charge in [0.25, 0.3) is 0 Å². The molecule has 3 heteroatoms. The zero-order chi connectivity index (χ0) is 19.6. The molecule has 0 N–H and O–H groups in total. The molecule has 27 heavy (non-hydrogen) atoms. The van der Waals surface area contributed by atoms with E-state index in [9.17, 15) is 0 Å². The van der Waals surface area contributed by atoms with E-state index < -0.39 is 5.46 Å². The van der Waals surface area contributed by atoms with E-state index in [1.807, 2.05) is 0 Å². The second-order valence-electron chi connectivity index (χ2n) is 7.86. The fourth-order valence-electron chi connectivity index (χ4n) is 4.27. The Kier molecular flexibility index (Phi) is 5.64. The van der Waals surface area contributed by atoms with Crippen LogP contribution in [0.1, 0.15) is 27.7 Å². The number of rotatable bonds is 5. The molecule has 0 bridgehead atoms. The van der Waals surface area contributed by atoms with Gasteiger partial charge in [0.1, 0.15) is 0 Å². The van der Waals surface area contributed by atoms with Crippen molar-refractivity contribution in [2.45, 2.75) is 33.2 Å². The molecule has 0 radical (unpaired) electrons. The summed E-state index contributed by atoms with van der Waals surface area (Å²) in [6.45, 7) is 10.1. The molecule has 1 nitrogen and oxygen atoms in total. The Morgan fingerprint density at radius 3 is 1.19 bits per heavy atom. The average Bonchev–Trinajstić information content (AvgIpc) is 2.69. The summed E-state index contributed by atoms with van der Waals surface area (Å²) in [4.78, 5) is 0. The normalized spacial score (nSPS) is 13.9. The Bertz CT molecular complexity index is 773. The summed E-state index contributed by atoms with van der Waals surface area (Å²) in [7, 11) is 0. The Hall–Kier alpha value is -1.47. The quantitative estimate of drug-likeness (QED) is 0.448. The number of nitrogens with zero attached hydrogens (tertiary/aromatic N) is 1. The minimum absolute atomic E-state index is 0.0302. The van der Waals surface area contributed by atoms with E-state index in [2.05, 4.69) is 139 Å². The summed E-state index contributed by atoms with van der Waals surface area (Å²) in [5, 5.41) is 3.99. The summed E-state index contributed by atoms with van der Waals surface area (Å²) in [5.41, 5.74) is -3.09. The Balaban J connectivity index is 2.55. The third-order valence-electron chi connectivity index (χ3n) is 5.21. The molecule has 3 rings (SSSR count). The van der Waals surface area contributed by atoms with Gasteiger partial charge < -0.3 is 0 Å². The van der Waals surface area contributed by atoms with Gasteiger partial charge in [-0.1, -0.05) is 0 Å². The van der Waals surface area contributed by atoms with Gasteiger partial charge in [-0.2, -0.15) is 0 Å². The van der Waals surface area contributed by atoms with Crippen molar-refractivity contribution in [2.24, 2.45) is 0 Å². The molecule has 0 heterocycles. The molecule has 0 aliphatic heterocycles. The standard InChI is InChI=1S/C24H29BrNP/c1-5-26(24(2,3)4)27(25,21-15-9-6-10-16-21,22-17-11-7-12-18-22)23-19-13-8-14-20-23/h6-20H,5H2,1-4H3. The van der Waals surface area contributed by atoms with Crippen LogP contribution in [-0.2, 0) is 0 Å². The van der Waals surface area contributed by atoms with Crippen molar-refractivity contribution in [2.75, 3.05) is 6.54 Å². The fraction of sp³-hybridized carbons (Fsp3) is 0.250. The van der Waals surface area contributed by atoms with Crippen LogP contribution in [0.2, 0.25) is 0 Å². The molecule has 0 fully saturated rings.